The quantitative estimate of drug-likeness (QED) is 0.527. The van der Waals surface area contributed by atoms with Crippen LogP contribution in [0.5, 0.6) is 0 Å². The molecule has 64 valence electrons. The normalized spacial score (nSPS) is 40.9. The van der Waals surface area contributed by atoms with Gasteiger partial charge in [0.15, 0.2) is 0 Å². The van der Waals surface area contributed by atoms with E-state index >= 15 is 0 Å². The average Bonchev–Trinajstić information content (AvgIpc) is 2.39. The summed E-state index contributed by atoms with van der Waals surface area (Å²) < 4.78 is 0. The molecular weight excluding hydrogens is 151 g/mol. The maximum absolute atomic E-state index is 2.48. The molecule has 1 saturated heterocycles. The van der Waals surface area contributed by atoms with E-state index in [1.165, 1.54) is 24.9 Å². The van der Waals surface area contributed by atoms with Crippen molar-refractivity contribution in [2.24, 2.45) is 0 Å². The molecule has 1 saturated carbocycles. The zero-order valence-corrected chi connectivity index (χ0v) is 8.61. The van der Waals surface area contributed by atoms with Crippen molar-refractivity contribution < 1.29 is 0 Å². The van der Waals surface area contributed by atoms with Gasteiger partial charge in [0.05, 0.1) is 0 Å². The zero-order chi connectivity index (χ0) is 7.84. The minimum atomic E-state index is 0.479. The summed E-state index contributed by atoms with van der Waals surface area (Å²) in [5.74, 6) is 0. The van der Waals surface area contributed by atoms with E-state index in [1.54, 1.807) is 12.8 Å². The Bertz CT molecular complexity index is 130. The lowest BCUT2D eigenvalue weighted by Crippen LogP contribution is -2.30. The molecule has 0 aromatic carbocycles. The number of hydrogen-bond donors (Lipinski definition) is 0. The van der Waals surface area contributed by atoms with Gasteiger partial charge in [0.1, 0.15) is 0 Å². The molecule has 2 aliphatic rings. The fraction of sp³-hybridized carbons (Fsp3) is 1.00. The molecule has 0 N–H and O–H groups in total. The summed E-state index contributed by atoms with van der Waals surface area (Å²) in [5.41, 5.74) is 3.41. The standard InChI is InChI=1S/C10H19P/c1-8-7-9(2)11(8)10-5-3-4-6-10/h8-10H,3-7H2,1-2H3/t8-,9-/m0/s1. The molecule has 2 fully saturated rings. The van der Waals surface area contributed by atoms with E-state index in [0.29, 0.717) is 7.92 Å². The molecule has 0 spiro atoms. The first-order chi connectivity index (χ1) is 5.29. The van der Waals surface area contributed by atoms with Gasteiger partial charge >= 0.3 is 0 Å². The summed E-state index contributed by atoms with van der Waals surface area (Å²) in [6.07, 6.45) is 7.73. The van der Waals surface area contributed by atoms with Crippen LogP contribution >= 0.6 is 7.92 Å². The second-order valence-corrected chi connectivity index (χ2v) is 7.71. The first-order valence-electron chi connectivity index (χ1n) is 5.06. The van der Waals surface area contributed by atoms with Gasteiger partial charge < -0.3 is 0 Å². The van der Waals surface area contributed by atoms with E-state index in [9.17, 15) is 0 Å². The monoisotopic (exact) mass is 170 g/mol. The number of hydrogen-bond acceptors (Lipinski definition) is 0. The third-order valence-electron chi connectivity index (χ3n) is 3.45. The van der Waals surface area contributed by atoms with Crippen molar-refractivity contribution in [3.63, 3.8) is 0 Å². The summed E-state index contributed by atoms with van der Waals surface area (Å²) in [7, 11) is 0.479. The van der Waals surface area contributed by atoms with Gasteiger partial charge in [-0.1, -0.05) is 34.6 Å². The van der Waals surface area contributed by atoms with Crippen LogP contribution in [0.15, 0.2) is 0 Å². The van der Waals surface area contributed by atoms with Crippen molar-refractivity contribution in [2.75, 3.05) is 0 Å². The van der Waals surface area contributed by atoms with Crippen LogP contribution in [0, 0.1) is 0 Å². The highest BCUT2D eigenvalue weighted by Gasteiger charge is 2.40. The topological polar surface area (TPSA) is 0 Å². The van der Waals surface area contributed by atoms with Crippen LogP contribution in [0.4, 0.5) is 0 Å². The van der Waals surface area contributed by atoms with Crippen molar-refractivity contribution in [1.29, 1.82) is 0 Å². The summed E-state index contributed by atoms with van der Waals surface area (Å²) in [4.78, 5) is 0. The molecule has 0 amide bonds. The third kappa shape index (κ3) is 1.35. The molecule has 1 aliphatic carbocycles. The smallest absolute Gasteiger partial charge is 0.0204 e. The van der Waals surface area contributed by atoms with Crippen LogP contribution in [0.3, 0.4) is 0 Å². The highest BCUT2D eigenvalue weighted by atomic mass is 31.1. The lowest BCUT2D eigenvalue weighted by atomic mass is 10.2. The fourth-order valence-corrected chi connectivity index (χ4v) is 6.95. The molecule has 0 aromatic heterocycles. The molecule has 11 heavy (non-hydrogen) atoms. The largest absolute Gasteiger partial charge is 0.0977 e. The van der Waals surface area contributed by atoms with Crippen LogP contribution in [0.1, 0.15) is 46.0 Å². The summed E-state index contributed by atoms with van der Waals surface area (Å²) in [6.45, 7) is 4.95. The van der Waals surface area contributed by atoms with Crippen LogP contribution in [-0.4, -0.2) is 17.0 Å². The van der Waals surface area contributed by atoms with E-state index in [-0.39, 0.29) is 0 Å². The van der Waals surface area contributed by atoms with Gasteiger partial charge in [-0.2, -0.15) is 0 Å². The van der Waals surface area contributed by atoms with E-state index in [2.05, 4.69) is 13.8 Å². The second kappa shape index (κ2) is 3.05. The van der Waals surface area contributed by atoms with Crippen molar-refractivity contribution in [3.8, 4) is 0 Å². The number of rotatable bonds is 1. The predicted octanol–water partition coefficient (Wildman–Crippen LogP) is 3.59. The lowest BCUT2D eigenvalue weighted by molar-refractivity contribution is 0.676. The molecule has 0 bridgehead atoms. The molecule has 1 aliphatic heterocycles. The predicted molar refractivity (Wildman–Crippen MR) is 52.7 cm³/mol. The Morgan fingerprint density at radius 2 is 1.55 bits per heavy atom. The van der Waals surface area contributed by atoms with Gasteiger partial charge in [-0.25, -0.2) is 0 Å². The molecule has 0 aromatic rings. The van der Waals surface area contributed by atoms with Gasteiger partial charge in [0.25, 0.3) is 0 Å². The zero-order valence-electron chi connectivity index (χ0n) is 7.71. The third-order valence-corrected chi connectivity index (χ3v) is 7.26. The molecule has 2 atom stereocenters. The van der Waals surface area contributed by atoms with Crippen LogP contribution in [0.25, 0.3) is 0 Å². The Labute approximate surface area is 71.5 Å². The van der Waals surface area contributed by atoms with Crippen LogP contribution < -0.4 is 0 Å². The van der Waals surface area contributed by atoms with Crippen molar-refractivity contribution in [3.05, 3.63) is 0 Å². The highest BCUT2D eigenvalue weighted by molar-refractivity contribution is 7.61. The Morgan fingerprint density at radius 3 is 2.00 bits per heavy atom. The van der Waals surface area contributed by atoms with E-state index in [4.69, 9.17) is 0 Å². The fourth-order valence-electron chi connectivity index (χ4n) is 2.96. The first kappa shape index (κ1) is 8.05. The average molecular weight is 170 g/mol. The first-order valence-corrected chi connectivity index (χ1v) is 6.61. The Balaban J connectivity index is 1.92. The van der Waals surface area contributed by atoms with Gasteiger partial charge in [0.2, 0.25) is 0 Å². The molecule has 2 rings (SSSR count). The minimum Gasteiger partial charge on any atom is -0.0977 e. The van der Waals surface area contributed by atoms with Crippen LogP contribution in [-0.2, 0) is 0 Å². The summed E-state index contributed by atoms with van der Waals surface area (Å²) in [6, 6.07) is 0. The van der Waals surface area contributed by atoms with Gasteiger partial charge in [-0.05, 0) is 36.2 Å². The van der Waals surface area contributed by atoms with Crippen molar-refractivity contribution in [1.82, 2.24) is 0 Å². The lowest BCUT2D eigenvalue weighted by Gasteiger charge is -2.45. The molecule has 0 unspecified atom stereocenters. The Kier molecular flexibility index (Phi) is 2.23. The van der Waals surface area contributed by atoms with Gasteiger partial charge in [-0.3, -0.25) is 0 Å². The summed E-state index contributed by atoms with van der Waals surface area (Å²) >= 11 is 0. The van der Waals surface area contributed by atoms with Crippen LogP contribution in [0.2, 0.25) is 0 Å². The maximum atomic E-state index is 2.48. The van der Waals surface area contributed by atoms with Crippen molar-refractivity contribution >= 4 is 7.92 Å². The molecular formula is C10H19P. The van der Waals surface area contributed by atoms with E-state index in [1.807, 2.05) is 0 Å². The Hall–Kier alpha value is 0.430. The molecule has 1 heterocycles. The van der Waals surface area contributed by atoms with E-state index in [0.717, 1.165) is 11.3 Å². The minimum absolute atomic E-state index is 0.479. The van der Waals surface area contributed by atoms with Crippen molar-refractivity contribution in [2.45, 2.75) is 62.9 Å². The highest BCUT2D eigenvalue weighted by Crippen LogP contribution is 2.65. The molecule has 0 nitrogen and oxygen atoms in total. The Morgan fingerprint density at radius 1 is 1.00 bits per heavy atom. The maximum Gasteiger partial charge on any atom is -0.0204 e. The second-order valence-electron chi connectivity index (χ2n) is 4.32. The van der Waals surface area contributed by atoms with Gasteiger partial charge in [0, 0.05) is 0 Å². The summed E-state index contributed by atoms with van der Waals surface area (Å²) in [5, 5.41) is 0. The van der Waals surface area contributed by atoms with E-state index < -0.39 is 0 Å². The van der Waals surface area contributed by atoms with Gasteiger partial charge in [-0.15, -0.1) is 0 Å². The molecule has 1 heteroatoms. The molecule has 0 radical (unpaired) electrons. The SMILES string of the molecule is C[C@H]1C[C@H](C)P1C1CCCC1.